The van der Waals surface area contributed by atoms with Crippen molar-refractivity contribution in [1.29, 1.82) is 0 Å². The van der Waals surface area contributed by atoms with Crippen LogP contribution in [0.5, 0.6) is 5.75 Å². The van der Waals surface area contributed by atoms with Crippen LogP contribution in [0.1, 0.15) is 16.7 Å². The zero-order valence-electron chi connectivity index (χ0n) is 11.1. The lowest BCUT2D eigenvalue weighted by Gasteiger charge is -2.42. The van der Waals surface area contributed by atoms with Crippen molar-refractivity contribution in [1.82, 2.24) is 5.32 Å². The first-order valence-electron chi connectivity index (χ1n) is 6.01. The zero-order valence-corrected chi connectivity index (χ0v) is 11.1. The molecule has 1 heterocycles. The maximum Gasteiger partial charge on any atom is 0.123 e. The standard InChI is InChI=1S/C14H21NO2/c1-10-5-12(13(16-4)6-11(10)2)14(7-15-3)8-17-9-14/h5-6,15H,7-9H2,1-4H3. The fourth-order valence-electron chi connectivity index (χ4n) is 2.41. The maximum absolute atomic E-state index is 5.53. The van der Waals surface area contributed by atoms with Gasteiger partial charge in [0, 0.05) is 12.1 Å². The molecule has 0 amide bonds. The summed E-state index contributed by atoms with van der Waals surface area (Å²) in [4.78, 5) is 0. The Morgan fingerprint density at radius 3 is 2.41 bits per heavy atom. The number of ether oxygens (including phenoxy) is 2. The van der Waals surface area contributed by atoms with Crippen LogP contribution < -0.4 is 10.1 Å². The van der Waals surface area contributed by atoms with Crippen LogP contribution in [0.3, 0.4) is 0 Å². The van der Waals surface area contributed by atoms with Gasteiger partial charge in [-0.1, -0.05) is 6.07 Å². The minimum atomic E-state index is 0.0819. The van der Waals surface area contributed by atoms with Gasteiger partial charge in [0.25, 0.3) is 0 Å². The molecule has 3 heteroatoms. The summed E-state index contributed by atoms with van der Waals surface area (Å²) in [7, 11) is 3.72. The predicted octanol–water partition coefficient (Wildman–Crippen LogP) is 1.80. The number of hydrogen-bond donors (Lipinski definition) is 1. The molecule has 0 radical (unpaired) electrons. The lowest BCUT2D eigenvalue weighted by atomic mass is 9.77. The van der Waals surface area contributed by atoms with E-state index in [0.29, 0.717) is 0 Å². The van der Waals surface area contributed by atoms with Crippen LogP contribution in [0.15, 0.2) is 12.1 Å². The summed E-state index contributed by atoms with van der Waals surface area (Å²) >= 11 is 0. The van der Waals surface area contributed by atoms with E-state index in [2.05, 4.69) is 31.3 Å². The monoisotopic (exact) mass is 235 g/mol. The second kappa shape index (κ2) is 4.67. The Morgan fingerprint density at radius 2 is 1.94 bits per heavy atom. The molecule has 1 aliphatic rings. The van der Waals surface area contributed by atoms with E-state index in [9.17, 15) is 0 Å². The van der Waals surface area contributed by atoms with E-state index in [1.807, 2.05) is 7.05 Å². The van der Waals surface area contributed by atoms with Gasteiger partial charge >= 0.3 is 0 Å². The van der Waals surface area contributed by atoms with Gasteiger partial charge in [0.2, 0.25) is 0 Å². The minimum Gasteiger partial charge on any atom is -0.496 e. The lowest BCUT2D eigenvalue weighted by molar-refractivity contribution is -0.0591. The van der Waals surface area contributed by atoms with Crippen LogP contribution in [-0.4, -0.2) is 33.9 Å². The molecule has 0 saturated carbocycles. The summed E-state index contributed by atoms with van der Waals surface area (Å²) in [5.74, 6) is 0.978. The van der Waals surface area contributed by atoms with Crippen LogP contribution in [0.25, 0.3) is 0 Å². The summed E-state index contributed by atoms with van der Waals surface area (Å²) < 4.78 is 10.9. The molecule has 0 aliphatic carbocycles. The van der Waals surface area contributed by atoms with Gasteiger partial charge in [-0.3, -0.25) is 0 Å². The van der Waals surface area contributed by atoms with E-state index >= 15 is 0 Å². The summed E-state index contributed by atoms with van der Waals surface area (Å²) in [6.45, 7) is 6.72. The van der Waals surface area contributed by atoms with Gasteiger partial charge in [-0.15, -0.1) is 0 Å². The molecule has 0 atom stereocenters. The Morgan fingerprint density at radius 1 is 1.29 bits per heavy atom. The number of benzene rings is 1. The number of methoxy groups -OCH3 is 1. The molecule has 0 aromatic heterocycles. The van der Waals surface area contributed by atoms with Gasteiger partial charge in [-0.05, 0) is 38.1 Å². The molecule has 3 nitrogen and oxygen atoms in total. The third-order valence-corrected chi connectivity index (χ3v) is 3.66. The van der Waals surface area contributed by atoms with Crippen molar-refractivity contribution < 1.29 is 9.47 Å². The highest BCUT2D eigenvalue weighted by Crippen LogP contribution is 2.38. The highest BCUT2D eigenvalue weighted by Gasteiger charge is 2.42. The molecule has 1 aliphatic heterocycles. The van der Waals surface area contributed by atoms with Crippen LogP contribution in [-0.2, 0) is 10.2 Å². The third kappa shape index (κ3) is 2.05. The second-order valence-electron chi connectivity index (χ2n) is 4.94. The van der Waals surface area contributed by atoms with Gasteiger partial charge in [-0.25, -0.2) is 0 Å². The molecule has 1 aromatic carbocycles. The lowest BCUT2D eigenvalue weighted by Crippen LogP contribution is -2.53. The molecule has 94 valence electrons. The van der Waals surface area contributed by atoms with Crippen LogP contribution in [0.4, 0.5) is 0 Å². The van der Waals surface area contributed by atoms with Gasteiger partial charge in [0.05, 0.1) is 25.7 Å². The van der Waals surface area contributed by atoms with Crippen molar-refractivity contribution in [3.8, 4) is 5.75 Å². The quantitative estimate of drug-likeness (QED) is 0.863. The van der Waals surface area contributed by atoms with Crippen LogP contribution in [0.2, 0.25) is 0 Å². The molecule has 1 N–H and O–H groups in total. The third-order valence-electron chi connectivity index (χ3n) is 3.66. The summed E-state index contributed by atoms with van der Waals surface area (Å²) in [6, 6.07) is 4.37. The number of hydrogen-bond acceptors (Lipinski definition) is 3. The zero-order chi connectivity index (χ0) is 12.5. The minimum absolute atomic E-state index is 0.0819. The average Bonchev–Trinajstić information content (AvgIpc) is 2.27. The van der Waals surface area contributed by atoms with E-state index in [1.165, 1.54) is 16.7 Å². The highest BCUT2D eigenvalue weighted by molar-refractivity contribution is 5.47. The van der Waals surface area contributed by atoms with Crippen LogP contribution in [0, 0.1) is 13.8 Å². The highest BCUT2D eigenvalue weighted by atomic mass is 16.5. The molecule has 1 fully saturated rings. The number of likely N-dealkylation sites (N-methyl/N-ethyl adjacent to an activating group) is 1. The second-order valence-corrected chi connectivity index (χ2v) is 4.94. The number of aryl methyl sites for hydroxylation is 2. The van der Waals surface area contributed by atoms with Crippen molar-refractivity contribution in [3.05, 3.63) is 28.8 Å². The molecule has 1 aromatic rings. The van der Waals surface area contributed by atoms with Gasteiger partial charge < -0.3 is 14.8 Å². The van der Waals surface area contributed by atoms with E-state index in [0.717, 1.165) is 25.5 Å². The molecule has 0 bridgehead atoms. The largest absolute Gasteiger partial charge is 0.496 e. The van der Waals surface area contributed by atoms with Gasteiger partial charge in [0.1, 0.15) is 5.75 Å². The molecule has 0 spiro atoms. The SMILES string of the molecule is CNCC1(c2cc(C)c(C)cc2OC)COC1. The molecular weight excluding hydrogens is 214 g/mol. The Labute approximate surface area is 103 Å². The van der Waals surface area contributed by atoms with Crippen molar-refractivity contribution in [2.45, 2.75) is 19.3 Å². The van der Waals surface area contributed by atoms with Gasteiger partial charge in [-0.2, -0.15) is 0 Å². The summed E-state index contributed by atoms with van der Waals surface area (Å²) in [5, 5.41) is 3.26. The fourth-order valence-corrected chi connectivity index (χ4v) is 2.41. The molecule has 2 rings (SSSR count). The van der Waals surface area contributed by atoms with E-state index in [-0.39, 0.29) is 5.41 Å². The topological polar surface area (TPSA) is 30.5 Å². The maximum atomic E-state index is 5.53. The van der Waals surface area contributed by atoms with Crippen molar-refractivity contribution in [3.63, 3.8) is 0 Å². The molecule has 17 heavy (non-hydrogen) atoms. The first kappa shape index (κ1) is 12.4. The molecule has 0 unspecified atom stereocenters. The van der Waals surface area contributed by atoms with Crippen LogP contribution >= 0.6 is 0 Å². The Bertz CT molecular complexity index is 411. The molecular formula is C14H21NO2. The smallest absolute Gasteiger partial charge is 0.123 e. The first-order chi connectivity index (χ1) is 8.13. The number of nitrogens with one attached hydrogen (secondary N) is 1. The van der Waals surface area contributed by atoms with Crippen molar-refractivity contribution in [2.75, 3.05) is 33.9 Å². The van der Waals surface area contributed by atoms with E-state index in [4.69, 9.17) is 9.47 Å². The summed E-state index contributed by atoms with van der Waals surface area (Å²) in [6.07, 6.45) is 0. The normalized spacial score (nSPS) is 17.6. The van der Waals surface area contributed by atoms with Crippen molar-refractivity contribution in [2.24, 2.45) is 0 Å². The number of rotatable bonds is 4. The van der Waals surface area contributed by atoms with E-state index in [1.54, 1.807) is 7.11 Å². The van der Waals surface area contributed by atoms with Gasteiger partial charge in [0.15, 0.2) is 0 Å². The molecule has 1 saturated heterocycles. The average molecular weight is 235 g/mol. The predicted molar refractivity (Wildman–Crippen MR) is 68.9 cm³/mol. The first-order valence-corrected chi connectivity index (χ1v) is 6.01. The fraction of sp³-hybridized carbons (Fsp3) is 0.571. The Kier molecular flexibility index (Phi) is 3.40. The summed E-state index contributed by atoms with van der Waals surface area (Å²) in [5.41, 5.74) is 3.93. The Hall–Kier alpha value is -1.06. The van der Waals surface area contributed by atoms with Crippen molar-refractivity contribution >= 4 is 0 Å². The van der Waals surface area contributed by atoms with E-state index < -0.39 is 0 Å². The Balaban J connectivity index is 2.45.